The lowest BCUT2D eigenvalue weighted by atomic mass is 9.99. The quantitative estimate of drug-likeness (QED) is 0.592. The van der Waals surface area contributed by atoms with E-state index in [-0.39, 0.29) is 12.3 Å². The number of nitrogens with one attached hydrogen (secondary N) is 2. The fraction of sp³-hybridized carbons (Fsp3) is 0.375. The largest absolute Gasteiger partial charge is 0.481 e. The van der Waals surface area contributed by atoms with Gasteiger partial charge in [-0.05, 0) is 12.6 Å². The van der Waals surface area contributed by atoms with Crippen molar-refractivity contribution in [3.63, 3.8) is 0 Å². The maximum Gasteiger partial charge on any atom is 0.304 e. The molecule has 5 heteroatoms. The molecule has 1 aromatic heterocycles. The van der Waals surface area contributed by atoms with E-state index in [4.69, 9.17) is 10.5 Å². The third-order valence-corrected chi connectivity index (χ3v) is 1.78. The summed E-state index contributed by atoms with van der Waals surface area (Å²) in [4.78, 5) is 17.1. The molecule has 1 atom stereocenters. The number of carbonyl (C=O) groups is 1. The zero-order chi connectivity index (χ0) is 9.68. The van der Waals surface area contributed by atoms with E-state index in [0.29, 0.717) is 6.42 Å². The van der Waals surface area contributed by atoms with Crippen LogP contribution in [0.5, 0.6) is 0 Å². The normalized spacial score (nSPS) is 12.3. The van der Waals surface area contributed by atoms with Crippen LogP contribution >= 0.6 is 0 Å². The summed E-state index contributed by atoms with van der Waals surface area (Å²) in [7, 11) is 0. The van der Waals surface area contributed by atoms with Crippen LogP contribution in [0.3, 0.4) is 0 Å². The zero-order valence-electron chi connectivity index (χ0n) is 7.03. The van der Waals surface area contributed by atoms with Gasteiger partial charge in [0.25, 0.3) is 0 Å². The van der Waals surface area contributed by atoms with Crippen LogP contribution in [0, 0.1) is 5.41 Å². The van der Waals surface area contributed by atoms with Crippen LogP contribution in [0.15, 0.2) is 12.5 Å². The van der Waals surface area contributed by atoms with Gasteiger partial charge in [-0.2, -0.15) is 0 Å². The lowest BCUT2D eigenvalue weighted by Crippen LogP contribution is -2.07. The standard InChI is InChI=1S/C8H11N3O2/c9-2-1-6(3-8(12)13)7-4-10-5-11-7/h2,4-6,9H,1,3H2,(H,10,11)(H,12,13). The predicted molar refractivity (Wildman–Crippen MR) is 47.0 cm³/mol. The molecule has 3 N–H and O–H groups in total. The number of H-pyrrole nitrogens is 1. The monoisotopic (exact) mass is 181 g/mol. The summed E-state index contributed by atoms with van der Waals surface area (Å²) in [5, 5.41) is 15.5. The summed E-state index contributed by atoms with van der Waals surface area (Å²) in [5.41, 5.74) is 0.769. The van der Waals surface area contributed by atoms with Crippen molar-refractivity contribution in [2.24, 2.45) is 0 Å². The van der Waals surface area contributed by atoms with Gasteiger partial charge in [-0.1, -0.05) is 0 Å². The van der Waals surface area contributed by atoms with E-state index < -0.39 is 5.97 Å². The van der Waals surface area contributed by atoms with Gasteiger partial charge in [0.05, 0.1) is 12.7 Å². The number of rotatable bonds is 5. The van der Waals surface area contributed by atoms with E-state index in [9.17, 15) is 4.79 Å². The molecule has 0 fully saturated rings. The summed E-state index contributed by atoms with van der Waals surface area (Å²) in [6.07, 6.45) is 4.77. The number of imidazole rings is 1. The van der Waals surface area contributed by atoms with Gasteiger partial charge < -0.3 is 15.5 Å². The molecule has 0 amide bonds. The Morgan fingerprint density at radius 3 is 3.08 bits per heavy atom. The Kier molecular flexibility index (Phi) is 3.19. The Balaban J connectivity index is 2.67. The molecule has 0 radical (unpaired) electrons. The smallest absolute Gasteiger partial charge is 0.304 e. The van der Waals surface area contributed by atoms with Crippen LogP contribution in [-0.4, -0.2) is 27.3 Å². The van der Waals surface area contributed by atoms with Crippen molar-refractivity contribution in [1.29, 1.82) is 5.41 Å². The van der Waals surface area contributed by atoms with Crippen LogP contribution in [0.2, 0.25) is 0 Å². The number of hydrogen-bond acceptors (Lipinski definition) is 3. The van der Waals surface area contributed by atoms with Crippen molar-refractivity contribution in [2.75, 3.05) is 0 Å². The predicted octanol–water partition coefficient (Wildman–Crippen LogP) is 1.01. The Bertz CT molecular complexity index is 282. The summed E-state index contributed by atoms with van der Waals surface area (Å²) in [6, 6.07) is 0. The van der Waals surface area contributed by atoms with Crippen LogP contribution < -0.4 is 0 Å². The van der Waals surface area contributed by atoms with E-state index in [1.54, 1.807) is 6.20 Å². The minimum absolute atomic E-state index is 0.0254. The topological polar surface area (TPSA) is 89.8 Å². The van der Waals surface area contributed by atoms with Gasteiger partial charge in [-0.15, -0.1) is 0 Å². The third kappa shape index (κ3) is 2.70. The van der Waals surface area contributed by atoms with Crippen LogP contribution in [0.4, 0.5) is 0 Å². The fourth-order valence-electron chi connectivity index (χ4n) is 1.16. The van der Waals surface area contributed by atoms with Crippen LogP contribution in [-0.2, 0) is 4.79 Å². The molecule has 1 aromatic rings. The van der Waals surface area contributed by atoms with Gasteiger partial charge in [-0.3, -0.25) is 4.79 Å². The number of aromatic amines is 1. The number of hydrogen-bond donors (Lipinski definition) is 3. The number of aromatic nitrogens is 2. The highest BCUT2D eigenvalue weighted by molar-refractivity contribution is 5.69. The Labute approximate surface area is 75.3 Å². The van der Waals surface area contributed by atoms with Crippen molar-refractivity contribution < 1.29 is 9.90 Å². The molecular formula is C8H11N3O2. The Morgan fingerprint density at radius 1 is 1.85 bits per heavy atom. The summed E-state index contributed by atoms with van der Waals surface area (Å²) in [6.45, 7) is 0. The van der Waals surface area contributed by atoms with Crippen molar-refractivity contribution >= 4 is 12.2 Å². The van der Waals surface area contributed by atoms with Crippen LogP contribution in [0.25, 0.3) is 0 Å². The molecule has 70 valence electrons. The number of nitrogens with zero attached hydrogens (tertiary/aromatic N) is 1. The second-order valence-electron chi connectivity index (χ2n) is 2.74. The van der Waals surface area contributed by atoms with Crippen molar-refractivity contribution in [3.05, 3.63) is 18.2 Å². The molecule has 0 bridgehead atoms. The van der Waals surface area contributed by atoms with E-state index >= 15 is 0 Å². The highest BCUT2D eigenvalue weighted by Gasteiger charge is 2.15. The van der Waals surface area contributed by atoms with Crippen molar-refractivity contribution in [3.8, 4) is 0 Å². The minimum atomic E-state index is -0.860. The van der Waals surface area contributed by atoms with E-state index in [2.05, 4.69) is 9.97 Å². The first kappa shape index (κ1) is 9.44. The molecule has 13 heavy (non-hydrogen) atoms. The molecule has 1 heterocycles. The highest BCUT2D eigenvalue weighted by Crippen LogP contribution is 2.19. The molecule has 0 saturated carbocycles. The molecule has 0 saturated heterocycles. The third-order valence-electron chi connectivity index (χ3n) is 1.78. The maximum atomic E-state index is 10.5. The maximum absolute atomic E-state index is 10.5. The second-order valence-corrected chi connectivity index (χ2v) is 2.74. The molecule has 0 aromatic carbocycles. The minimum Gasteiger partial charge on any atom is -0.481 e. The average Bonchev–Trinajstić information content (AvgIpc) is 2.54. The van der Waals surface area contributed by atoms with E-state index in [1.807, 2.05) is 0 Å². The molecular weight excluding hydrogens is 170 g/mol. The summed E-state index contributed by atoms with van der Waals surface area (Å²) in [5.74, 6) is -1.03. The fourth-order valence-corrected chi connectivity index (χ4v) is 1.16. The van der Waals surface area contributed by atoms with Gasteiger partial charge >= 0.3 is 5.97 Å². The number of carboxylic acid groups (broad SMARTS) is 1. The van der Waals surface area contributed by atoms with Gasteiger partial charge in [-0.25, -0.2) is 4.98 Å². The lowest BCUT2D eigenvalue weighted by molar-refractivity contribution is -0.137. The SMILES string of the molecule is N=CCC(CC(=O)O)c1cnc[nH]1. The van der Waals surface area contributed by atoms with Gasteiger partial charge in [0, 0.05) is 17.8 Å². The molecule has 0 aliphatic carbocycles. The molecule has 5 nitrogen and oxygen atoms in total. The van der Waals surface area contributed by atoms with E-state index in [1.165, 1.54) is 12.5 Å². The van der Waals surface area contributed by atoms with Crippen molar-refractivity contribution in [2.45, 2.75) is 18.8 Å². The summed E-state index contributed by atoms with van der Waals surface area (Å²) >= 11 is 0. The van der Waals surface area contributed by atoms with Gasteiger partial charge in [0.15, 0.2) is 0 Å². The first-order chi connectivity index (χ1) is 6.24. The lowest BCUT2D eigenvalue weighted by Gasteiger charge is -2.08. The van der Waals surface area contributed by atoms with Gasteiger partial charge in [0.1, 0.15) is 0 Å². The molecule has 0 spiro atoms. The zero-order valence-corrected chi connectivity index (χ0v) is 7.03. The highest BCUT2D eigenvalue weighted by atomic mass is 16.4. The average molecular weight is 181 g/mol. The van der Waals surface area contributed by atoms with E-state index in [0.717, 1.165) is 5.69 Å². The Hall–Kier alpha value is -1.65. The first-order valence-electron chi connectivity index (χ1n) is 3.93. The number of carboxylic acids is 1. The Morgan fingerprint density at radius 2 is 2.62 bits per heavy atom. The molecule has 1 rings (SSSR count). The van der Waals surface area contributed by atoms with Gasteiger partial charge in [0.2, 0.25) is 0 Å². The second kappa shape index (κ2) is 4.39. The molecule has 0 aliphatic rings. The number of aliphatic carboxylic acids is 1. The summed E-state index contributed by atoms with van der Waals surface area (Å²) < 4.78 is 0. The van der Waals surface area contributed by atoms with Crippen LogP contribution in [0.1, 0.15) is 24.5 Å². The first-order valence-corrected chi connectivity index (χ1v) is 3.93. The molecule has 0 aliphatic heterocycles. The van der Waals surface area contributed by atoms with Crippen molar-refractivity contribution in [1.82, 2.24) is 9.97 Å². The molecule has 1 unspecified atom stereocenters.